The fourth-order valence-electron chi connectivity index (χ4n) is 8.55. The van der Waals surface area contributed by atoms with Crippen LogP contribution < -0.4 is 21.3 Å². The first kappa shape index (κ1) is 22.9. The average molecular weight is 553 g/mol. The van der Waals surface area contributed by atoms with Gasteiger partial charge in [-0.15, -0.1) is 0 Å². The summed E-state index contributed by atoms with van der Waals surface area (Å²) in [5, 5.41) is 7.91. The van der Waals surface area contributed by atoms with Crippen molar-refractivity contribution in [3.8, 4) is 33.4 Å². The SMILES string of the molecule is c1ccc2c(c1)-c1ccc3c4c(ccc-2c14)-c1cccc2c1B3c1cc3ccccc3cc1N2c1ccc2ccccc2c1. The molecule has 8 aromatic rings. The molecule has 0 amide bonds. The molecule has 0 fully saturated rings. The smallest absolute Gasteiger partial charge is 0.248 e. The fourth-order valence-corrected chi connectivity index (χ4v) is 8.55. The van der Waals surface area contributed by atoms with E-state index in [0.717, 1.165) is 0 Å². The maximum Gasteiger partial charge on any atom is 0.248 e. The fraction of sp³-hybridized carbons (Fsp3) is 0. The lowest BCUT2D eigenvalue weighted by Gasteiger charge is -2.40. The second kappa shape index (κ2) is 8.06. The van der Waals surface area contributed by atoms with E-state index in [1.54, 1.807) is 0 Å². The Morgan fingerprint density at radius 2 is 0.977 bits per heavy atom. The van der Waals surface area contributed by atoms with Gasteiger partial charge >= 0.3 is 0 Å². The monoisotopic (exact) mass is 553 g/mol. The lowest BCUT2D eigenvalue weighted by Crippen LogP contribution is -2.59. The van der Waals surface area contributed by atoms with Gasteiger partial charge in [-0.05, 0) is 101 Å². The second-order valence-electron chi connectivity index (χ2n) is 12.5. The number of anilines is 3. The number of rotatable bonds is 1. The first-order chi connectivity index (χ1) is 21.8. The van der Waals surface area contributed by atoms with Gasteiger partial charge in [-0.25, -0.2) is 0 Å². The minimum atomic E-state index is 0.151. The van der Waals surface area contributed by atoms with Gasteiger partial charge in [0.05, 0.1) is 0 Å². The Morgan fingerprint density at radius 3 is 1.75 bits per heavy atom. The molecule has 0 atom stereocenters. The van der Waals surface area contributed by atoms with Gasteiger partial charge in [-0.1, -0.05) is 127 Å². The zero-order valence-electron chi connectivity index (χ0n) is 23.9. The predicted octanol–water partition coefficient (Wildman–Crippen LogP) is 9.07. The van der Waals surface area contributed by atoms with Crippen molar-refractivity contribution >= 4 is 72.5 Å². The van der Waals surface area contributed by atoms with Crippen LogP contribution >= 0.6 is 0 Å². The van der Waals surface area contributed by atoms with E-state index < -0.39 is 0 Å². The predicted molar refractivity (Wildman–Crippen MR) is 188 cm³/mol. The van der Waals surface area contributed by atoms with Crippen LogP contribution in [0.1, 0.15) is 0 Å². The van der Waals surface area contributed by atoms with Gasteiger partial charge in [-0.2, -0.15) is 0 Å². The summed E-state index contributed by atoms with van der Waals surface area (Å²) in [7, 11) is 0. The molecule has 1 aliphatic carbocycles. The Labute approximate surface area is 255 Å². The van der Waals surface area contributed by atoms with E-state index >= 15 is 0 Å². The van der Waals surface area contributed by atoms with Gasteiger partial charge in [0.25, 0.3) is 0 Å². The number of fused-ring (bicyclic) bond motifs is 9. The Balaban J connectivity index is 1.28. The van der Waals surface area contributed by atoms with Crippen molar-refractivity contribution in [2.75, 3.05) is 4.90 Å². The van der Waals surface area contributed by atoms with E-state index in [2.05, 4.69) is 150 Å². The van der Waals surface area contributed by atoms with Crippen LogP contribution in [0.5, 0.6) is 0 Å². The normalized spacial score (nSPS) is 13.4. The molecular weight excluding hydrogens is 529 g/mol. The first-order valence-electron chi connectivity index (χ1n) is 15.5. The molecule has 0 radical (unpaired) electrons. The van der Waals surface area contributed by atoms with E-state index in [1.165, 1.54) is 99.1 Å². The Hall–Kier alpha value is -5.60. The molecule has 0 N–H and O–H groups in total. The molecule has 44 heavy (non-hydrogen) atoms. The zero-order valence-corrected chi connectivity index (χ0v) is 23.9. The topological polar surface area (TPSA) is 3.24 Å². The van der Waals surface area contributed by atoms with E-state index in [9.17, 15) is 0 Å². The molecular formula is C42H24BN. The van der Waals surface area contributed by atoms with Crippen molar-refractivity contribution in [2.24, 2.45) is 0 Å². The molecule has 200 valence electrons. The summed E-state index contributed by atoms with van der Waals surface area (Å²) in [5.41, 5.74) is 16.1. The Morgan fingerprint density at radius 1 is 0.364 bits per heavy atom. The highest BCUT2D eigenvalue weighted by atomic mass is 15.1. The van der Waals surface area contributed by atoms with Crippen molar-refractivity contribution in [3.63, 3.8) is 0 Å². The van der Waals surface area contributed by atoms with Crippen molar-refractivity contribution in [2.45, 2.75) is 0 Å². The molecule has 8 aromatic carbocycles. The molecule has 2 aliphatic heterocycles. The lowest BCUT2D eigenvalue weighted by atomic mass is 9.32. The van der Waals surface area contributed by atoms with Crippen LogP contribution in [0.3, 0.4) is 0 Å². The number of benzene rings is 8. The molecule has 0 saturated heterocycles. The highest BCUT2D eigenvalue weighted by molar-refractivity contribution is 7.01. The van der Waals surface area contributed by atoms with Crippen molar-refractivity contribution in [3.05, 3.63) is 146 Å². The maximum absolute atomic E-state index is 2.52. The molecule has 11 rings (SSSR count). The van der Waals surface area contributed by atoms with Crippen LogP contribution in [0.4, 0.5) is 17.1 Å². The summed E-state index contributed by atoms with van der Waals surface area (Å²) in [6.45, 7) is 0.151. The number of nitrogens with zero attached hydrogens (tertiary/aromatic N) is 1. The van der Waals surface area contributed by atoms with E-state index in [1.807, 2.05) is 0 Å². The third-order valence-electron chi connectivity index (χ3n) is 10.4. The minimum absolute atomic E-state index is 0.151. The van der Waals surface area contributed by atoms with Gasteiger partial charge in [0.2, 0.25) is 6.71 Å². The summed E-state index contributed by atoms with van der Waals surface area (Å²) in [4.78, 5) is 2.52. The van der Waals surface area contributed by atoms with E-state index in [0.29, 0.717) is 0 Å². The number of hydrogen-bond acceptors (Lipinski definition) is 1. The van der Waals surface area contributed by atoms with E-state index in [4.69, 9.17) is 0 Å². The number of hydrogen-bond donors (Lipinski definition) is 0. The quantitative estimate of drug-likeness (QED) is 0.183. The van der Waals surface area contributed by atoms with Crippen LogP contribution in [0.2, 0.25) is 0 Å². The maximum atomic E-state index is 2.52. The highest BCUT2D eigenvalue weighted by Crippen LogP contribution is 2.50. The van der Waals surface area contributed by atoms with Gasteiger partial charge in [0.1, 0.15) is 0 Å². The standard InChI is InChI=1S/C42H24BN/c1-2-9-26-22-29(17-16-25(26)8-1)44-38-15-7-14-35-34-19-18-32-30-12-5-6-13-31(30)33-20-21-36(41(34)40(32)33)43(42(35)38)37-23-27-10-3-4-11-28(27)24-39(37)44/h1-24H. The Kier molecular flexibility index (Phi) is 4.20. The molecule has 0 bridgehead atoms. The van der Waals surface area contributed by atoms with Crippen LogP contribution in [-0.4, -0.2) is 6.71 Å². The zero-order chi connectivity index (χ0) is 28.5. The summed E-state index contributed by atoms with van der Waals surface area (Å²) < 4.78 is 0. The molecule has 0 spiro atoms. The molecule has 1 nitrogen and oxygen atoms in total. The van der Waals surface area contributed by atoms with Crippen molar-refractivity contribution in [1.29, 1.82) is 0 Å². The van der Waals surface area contributed by atoms with Crippen LogP contribution in [0, 0.1) is 0 Å². The molecule has 2 heterocycles. The van der Waals surface area contributed by atoms with Gasteiger partial charge in [-0.3, -0.25) is 0 Å². The van der Waals surface area contributed by atoms with Crippen molar-refractivity contribution < 1.29 is 0 Å². The molecule has 3 aliphatic rings. The molecule has 0 unspecified atom stereocenters. The summed E-state index contributed by atoms with van der Waals surface area (Å²) in [6.07, 6.45) is 0. The largest absolute Gasteiger partial charge is 0.311 e. The van der Waals surface area contributed by atoms with Gasteiger partial charge < -0.3 is 4.90 Å². The minimum Gasteiger partial charge on any atom is -0.311 e. The van der Waals surface area contributed by atoms with Gasteiger partial charge in [0.15, 0.2) is 0 Å². The lowest BCUT2D eigenvalue weighted by molar-refractivity contribution is 1.30. The van der Waals surface area contributed by atoms with E-state index in [-0.39, 0.29) is 6.71 Å². The average Bonchev–Trinajstić information content (AvgIpc) is 3.41. The Bertz CT molecular complexity index is 2550. The summed E-state index contributed by atoms with van der Waals surface area (Å²) in [6, 6.07) is 54.7. The van der Waals surface area contributed by atoms with Crippen LogP contribution in [-0.2, 0) is 0 Å². The molecule has 2 heteroatoms. The summed E-state index contributed by atoms with van der Waals surface area (Å²) in [5.74, 6) is 0. The highest BCUT2D eigenvalue weighted by Gasteiger charge is 2.42. The molecule has 0 saturated carbocycles. The van der Waals surface area contributed by atoms with Crippen LogP contribution in [0.15, 0.2) is 146 Å². The third-order valence-corrected chi connectivity index (χ3v) is 10.4. The first-order valence-corrected chi connectivity index (χ1v) is 15.5. The van der Waals surface area contributed by atoms with Crippen molar-refractivity contribution in [1.82, 2.24) is 0 Å². The molecule has 0 aromatic heterocycles. The second-order valence-corrected chi connectivity index (χ2v) is 12.5. The van der Waals surface area contributed by atoms with Crippen LogP contribution in [0.25, 0.3) is 65.7 Å². The summed E-state index contributed by atoms with van der Waals surface area (Å²) >= 11 is 0. The third kappa shape index (κ3) is 2.77. The van der Waals surface area contributed by atoms with Gasteiger partial charge in [0, 0.05) is 17.1 Å².